The molecule has 2 fully saturated rings. The van der Waals surface area contributed by atoms with E-state index in [0.717, 1.165) is 12.1 Å². The lowest BCUT2D eigenvalue weighted by Crippen LogP contribution is -2.39. The highest BCUT2D eigenvalue weighted by Crippen LogP contribution is 2.38. The number of benzene rings is 1. The Kier molecular flexibility index (Phi) is 1.97. The number of hydrogen-bond acceptors (Lipinski definition) is 1. The van der Waals surface area contributed by atoms with Crippen molar-refractivity contribution in [2.75, 3.05) is 4.90 Å². The number of rotatable bonds is 1. The molecule has 2 bridgehead atoms. The van der Waals surface area contributed by atoms with Gasteiger partial charge in [0.15, 0.2) is 0 Å². The van der Waals surface area contributed by atoms with Gasteiger partial charge in [-0.3, -0.25) is 0 Å². The average Bonchev–Trinajstić information content (AvgIpc) is 2.50. The van der Waals surface area contributed by atoms with Crippen molar-refractivity contribution in [2.24, 2.45) is 0 Å². The maximum absolute atomic E-state index is 2.67. The molecular weight excluding hydrogens is 170 g/mol. The first-order valence-corrected chi connectivity index (χ1v) is 5.78. The van der Waals surface area contributed by atoms with Crippen molar-refractivity contribution in [1.82, 2.24) is 0 Å². The van der Waals surface area contributed by atoms with Gasteiger partial charge in [0, 0.05) is 17.8 Å². The number of anilines is 1. The molecule has 3 rings (SSSR count). The Labute approximate surface area is 85.7 Å². The van der Waals surface area contributed by atoms with Gasteiger partial charge in [0.05, 0.1) is 0 Å². The smallest absolute Gasteiger partial charge is 0.0371 e. The van der Waals surface area contributed by atoms with Crippen LogP contribution in [0.3, 0.4) is 0 Å². The summed E-state index contributed by atoms with van der Waals surface area (Å²) in [7, 11) is 0. The summed E-state index contributed by atoms with van der Waals surface area (Å²) in [4.78, 5) is 2.67. The molecule has 0 saturated carbocycles. The fourth-order valence-corrected chi connectivity index (χ4v) is 3.14. The first-order chi connectivity index (χ1) is 6.95. The van der Waals surface area contributed by atoms with Crippen LogP contribution in [0, 0.1) is 0 Å². The van der Waals surface area contributed by atoms with Gasteiger partial charge in [-0.1, -0.05) is 18.2 Å². The van der Waals surface area contributed by atoms with Gasteiger partial charge in [0.2, 0.25) is 0 Å². The maximum atomic E-state index is 2.67. The molecule has 74 valence electrons. The number of fused-ring (bicyclic) bond motifs is 2. The van der Waals surface area contributed by atoms with Gasteiger partial charge in [0.25, 0.3) is 0 Å². The molecule has 0 spiro atoms. The first-order valence-electron chi connectivity index (χ1n) is 5.78. The van der Waals surface area contributed by atoms with Crippen molar-refractivity contribution in [2.45, 2.75) is 44.2 Å². The molecule has 0 aliphatic carbocycles. The predicted octanol–water partition coefficient (Wildman–Crippen LogP) is 3.21. The van der Waals surface area contributed by atoms with Crippen LogP contribution in [0.1, 0.15) is 32.1 Å². The lowest BCUT2D eigenvalue weighted by molar-refractivity contribution is 0.468. The Hall–Kier alpha value is -0.980. The van der Waals surface area contributed by atoms with Crippen molar-refractivity contribution in [3.05, 3.63) is 30.3 Å². The van der Waals surface area contributed by atoms with Gasteiger partial charge in [-0.05, 0) is 44.2 Å². The highest BCUT2D eigenvalue weighted by Gasteiger charge is 2.36. The van der Waals surface area contributed by atoms with Crippen molar-refractivity contribution < 1.29 is 0 Å². The van der Waals surface area contributed by atoms with Gasteiger partial charge >= 0.3 is 0 Å². The zero-order chi connectivity index (χ0) is 9.38. The topological polar surface area (TPSA) is 3.24 Å². The molecular formula is C13H17N. The summed E-state index contributed by atoms with van der Waals surface area (Å²) in [5.41, 5.74) is 1.44. The van der Waals surface area contributed by atoms with E-state index in [1.807, 2.05) is 0 Å². The van der Waals surface area contributed by atoms with E-state index in [1.165, 1.54) is 37.8 Å². The summed E-state index contributed by atoms with van der Waals surface area (Å²) in [6.45, 7) is 0. The molecule has 0 aromatic heterocycles. The molecule has 1 aromatic carbocycles. The summed E-state index contributed by atoms with van der Waals surface area (Å²) < 4.78 is 0. The molecule has 2 aliphatic heterocycles. The molecule has 2 heterocycles. The summed E-state index contributed by atoms with van der Waals surface area (Å²) in [5.74, 6) is 0. The van der Waals surface area contributed by atoms with Crippen LogP contribution in [0.4, 0.5) is 5.69 Å². The van der Waals surface area contributed by atoms with Gasteiger partial charge in [-0.2, -0.15) is 0 Å². The van der Waals surface area contributed by atoms with Crippen LogP contribution in [-0.4, -0.2) is 12.1 Å². The van der Waals surface area contributed by atoms with Crippen molar-refractivity contribution in [3.63, 3.8) is 0 Å². The van der Waals surface area contributed by atoms with E-state index in [0.29, 0.717) is 0 Å². The van der Waals surface area contributed by atoms with Gasteiger partial charge in [0.1, 0.15) is 0 Å². The Balaban J connectivity index is 1.92. The Morgan fingerprint density at radius 3 is 2.14 bits per heavy atom. The third-order valence-corrected chi connectivity index (χ3v) is 3.75. The monoisotopic (exact) mass is 187 g/mol. The van der Waals surface area contributed by atoms with Crippen molar-refractivity contribution in [3.8, 4) is 0 Å². The zero-order valence-corrected chi connectivity index (χ0v) is 8.52. The van der Waals surface area contributed by atoms with Gasteiger partial charge in [-0.15, -0.1) is 0 Å². The molecule has 2 saturated heterocycles. The quantitative estimate of drug-likeness (QED) is 0.652. The van der Waals surface area contributed by atoms with Gasteiger partial charge < -0.3 is 4.90 Å². The first kappa shape index (κ1) is 8.34. The Bertz CT molecular complexity index is 290. The number of piperidine rings is 1. The standard InChI is InChI=1S/C13H17N/c1-2-5-11(6-3-1)14-12-7-4-8-13(14)10-9-12/h1-3,5-6,12-13H,4,7-10H2. The highest BCUT2D eigenvalue weighted by atomic mass is 15.2. The second kappa shape index (κ2) is 3.30. The van der Waals surface area contributed by atoms with Crippen LogP contribution in [0.15, 0.2) is 30.3 Å². The van der Waals surface area contributed by atoms with Crippen molar-refractivity contribution >= 4 is 5.69 Å². The van der Waals surface area contributed by atoms with E-state index >= 15 is 0 Å². The third kappa shape index (κ3) is 1.23. The molecule has 1 nitrogen and oxygen atoms in total. The largest absolute Gasteiger partial charge is 0.366 e. The fraction of sp³-hybridized carbons (Fsp3) is 0.538. The molecule has 1 aromatic rings. The molecule has 2 aliphatic rings. The van der Waals surface area contributed by atoms with E-state index in [1.54, 1.807) is 0 Å². The van der Waals surface area contributed by atoms with Crippen LogP contribution >= 0.6 is 0 Å². The normalized spacial score (nSPS) is 30.7. The summed E-state index contributed by atoms with van der Waals surface area (Å²) in [5, 5.41) is 0. The highest BCUT2D eigenvalue weighted by molar-refractivity contribution is 5.49. The lowest BCUT2D eigenvalue weighted by atomic mass is 10.0. The minimum Gasteiger partial charge on any atom is -0.366 e. The maximum Gasteiger partial charge on any atom is 0.0371 e. The summed E-state index contributed by atoms with van der Waals surface area (Å²) in [6, 6.07) is 12.6. The lowest BCUT2D eigenvalue weighted by Gasteiger charge is -2.36. The number of hydrogen-bond donors (Lipinski definition) is 0. The molecule has 0 amide bonds. The Morgan fingerprint density at radius 1 is 0.857 bits per heavy atom. The minimum absolute atomic E-state index is 0.844. The molecule has 1 heteroatoms. The molecule has 0 radical (unpaired) electrons. The van der Waals surface area contributed by atoms with Crippen LogP contribution in [0.5, 0.6) is 0 Å². The van der Waals surface area contributed by atoms with Crippen LogP contribution < -0.4 is 4.90 Å². The predicted molar refractivity (Wildman–Crippen MR) is 59.6 cm³/mol. The van der Waals surface area contributed by atoms with E-state index in [9.17, 15) is 0 Å². The average molecular weight is 187 g/mol. The van der Waals surface area contributed by atoms with Crippen molar-refractivity contribution in [1.29, 1.82) is 0 Å². The summed E-state index contributed by atoms with van der Waals surface area (Å²) in [6.07, 6.45) is 7.09. The zero-order valence-electron chi connectivity index (χ0n) is 8.52. The number of nitrogens with zero attached hydrogens (tertiary/aromatic N) is 1. The molecule has 0 N–H and O–H groups in total. The molecule has 2 unspecified atom stereocenters. The van der Waals surface area contributed by atoms with Crippen LogP contribution in [0.2, 0.25) is 0 Å². The van der Waals surface area contributed by atoms with E-state index in [4.69, 9.17) is 0 Å². The molecule has 2 atom stereocenters. The minimum atomic E-state index is 0.844. The number of para-hydroxylation sites is 1. The fourth-order valence-electron chi connectivity index (χ4n) is 3.14. The Morgan fingerprint density at radius 2 is 1.50 bits per heavy atom. The second-order valence-electron chi connectivity index (χ2n) is 4.56. The van der Waals surface area contributed by atoms with E-state index in [-0.39, 0.29) is 0 Å². The van der Waals surface area contributed by atoms with Crippen LogP contribution in [0.25, 0.3) is 0 Å². The molecule has 14 heavy (non-hydrogen) atoms. The second-order valence-corrected chi connectivity index (χ2v) is 4.56. The van der Waals surface area contributed by atoms with Gasteiger partial charge in [-0.25, -0.2) is 0 Å². The SMILES string of the molecule is c1ccc(N2C3CCCC2CC3)cc1. The van der Waals surface area contributed by atoms with Crippen LogP contribution in [-0.2, 0) is 0 Å². The third-order valence-electron chi connectivity index (χ3n) is 3.75. The van der Waals surface area contributed by atoms with E-state index < -0.39 is 0 Å². The van der Waals surface area contributed by atoms with E-state index in [2.05, 4.69) is 35.2 Å². The summed E-state index contributed by atoms with van der Waals surface area (Å²) >= 11 is 0.